The van der Waals surface area contributed by atoms with Crippen molar-refractivity contribution >= 4 is 5.97 Å². The third-order valence-corrected chi connectivity index (χ3v) is 5.12. The van der Waals surface area contributed by atoms with Gasteiger partial charge in [0.25, 0.3) is 0 Å². The molecule has 0 unspecified atom stereocenters. The summed E-state index contributed by atoms with van der Waals surface area (Å²) >= 11 is 0. The Bertz CT molecular complexity index is 865. The SMILES string of the molecule is O=C1OC[C@@H](c2ccccc2)N(Cc2ccccc2)[C@H]1Cc1ccccc1. The number of hydrogen-bond donors (Lipinski definition) is 0. The van der Waals surface area contributed by atoms with E-state index in [1.807, 2.05) is 54.6 Å². The Balaban J connectivity index is 1.68. The summed E-state index contributed by atoms with van der Waals surface area (Å²) in [5.74, 6) is -0.137. The molecule has 4 rings (SSSR count). The normalized spacial score (nSPS) is 20.2. The highest BCUT2D eigenvalue weighted by Crippen LogP contribution is 2.31. The lowest BCUT2D eigenvalue weighted by Crippen LogP contribution is -2.51. The van der Waals surface area contributed by atoms with Gasteiger partial charge in [-0.2, -0.15) is 0 Å². The lowest BCUT2D eigenvalue weighted by molar-refractivity contribution is -0.163. The van der Waals surface area contributed by atoms with Gasteiger partial charge in [-0.1, -0.05) is 91.0 Å². The zero-order chi connectivity index (χ0) is 18.5. The Labute approximate surface area is 160 Å². The van der Waals surface area contributed by atoms with Gasteiger partial charge in [-0.25, -0.2) is 0 Å². The first-order valence-electron chi connectivity index (χ1n) is 9.36. The fraction of sp³-hybridized carbons (Fsp3) is 0.208. The van der Waals surface area contributed by atoms with Gasteiger partial charge in [0.05, 0.1) is 6.04 Å². The molecule has 1 aliphatic rings. The molecule has 0 N–H and O–H groups in total. The van der Waals surface area contributed by atoms with Gasteiger partial charge < -0.3 is 4.74 Å². The predicted octanol–water partition coefficient (Wildman–Crippen LogP) is 4.40. The van der Waals surface area contributed by atoms with Crippen LogP contribution in [0.4, 0.5) is 0 Å². The zero-order valence-electron chi connectivity index (χ0n) is 15.2. The minimum Gasteiger partial charge on any atom is -0.462 e. The molecule has 1 saturated heterocycles. The lowest BCUT2D eigenvalue weighted by atomic mass is 9.96. The predicted molar refractivity (Wildman–Crippen MR) is 106 cm³/mol. The van der Waals surface area contributed by atoms with Gasteiger partial charge >= 0.3 is 5.97 Å². The minimum absolute atomic E-state index is 0.0535. The summed E-state index contributed by atoms with van der Waals surface area (Å²) in [6.07, 6.45) is 0.649. The molecule has 3 nitrogen and oxygen atoms in total. The molecular weight excluding hydrogens is 334 g/mol. The van der Waals surface area contributed by atoms with Crippen LogP contribution in [-0.4, -0.2) is 23.5 Å². The number of hydrogen-bond acceptors (Lipinski definition) is 3. The molecule has 0 bridgehead atoms. The van der Waals surface area contributed by atoms with Crippen LogP contribution in [0.3, 0.4) is 0 Å². The minimum atomic E-state index is -0.299. The molecule has 0 amide bonds. The number of benzene rings is 3. The van der Waals surface area contributed by atoms with Crippen molar-refractivity contribution in [1.82, 2.24) is 4.90 Å². The van der Waals surface area contributed by atoms with Gasteiger partial charge in [0.2, 0.25) is 0 Å². The number of cyclic esters (lactones) is 1. The average molecular weight is 357 g/mol. The summed E-state index contributed by atoms with van der Waals surface area (Å²) in [6.45, 7) is 1.11. The highest BCUT2D eigenvalue weighted by Gasteiger charge is 2.38. The van der Waals surface area contributed by atoms with E-state index >= 15 is 0 Å². The first kappa shape index (κ1) is 17.5. The molecule has 27 heavy (non-hydrogen) atoms. The summed E-state index contributed by atoms with van der Waals surface area (Å²) in [7, 11) is 0. The van der Waals surface area contributed by atoms with E-state index in [2.05, 4.69) is 41.3 Å². The van der Waals surface area contributed by atoms with Crippen LogP contribution in [0.5, 0.6) is 0 Å². The van der Waals surface area contributed by atoms with Crippen LogP contribution in [0, 0.1) is 0 Å². The van der Waals surface area contributed by atoms with Gasteiger partial charge in [-0.15, -0.1) is 0 Å². The maximum atomic E-state index is 12.7. The number of rotatable bonds is 5. The summed E-state index contributed by atoms with van der Waals surface area (Å²) in [6, 6.07) is 30.6. The number of carbonyl (C=O) groups is 1. The molecule has 3 aromatic carbocycles. The van der Waals surface area contributed by atoms with Crippen LogP contribution in [-0.2, 0) is 22.5 Å². The van der Waals surface area contributed by atoms with Crippen molar-refractivity contribution in [2.75, 3.05) is 6.61 Å². The van der Waals surface area contributed by atoms with Crippen LogP contribution in [0.15, 0.2) is 91.0 Å². The zero-order valence-corrected chi connectivity index (χ0v) is 15.2. The molecule has 0 aromatic heterocycles. The van der Waals surface area contributed by atoms with Crippen LogP contribution in [0.25, 0.3) is 0 Å². The van der Waals surface area contributed by atoms with Crippen molar-refractivity contribution in [1.29, 1.82) is 0 Å². The summed E-state index contributed by atoms with van der Waals surface area (Å²) in [4.78, 5) is 15.0. The molecule has 3 heteroatoms. The van der Waals surface area contributed by atoms with E-state index in [4.69, 9.17) is 4.74 Å². The maximum Gasteiger partial charge on any atom is 0.323 e. The Morgan fingerprint density at radius 2 is 1.33 bits per heavy atom. The summed E-state index contributed by atoms with van der Waals surface area (Å²) in [5.41, 5.74) is 3.52. The summed E-state index contributed by atoms with van der Waals surface area (Å²) in [5, 5.41) is 0. The molecule has 136 valence electrons. The highest BCUT2D eigenvalue weighted by atomic mass is 16.5. The molecule has 1 heterocycles. The van der Waals surface area contributed by atoms with E-state index in [-0.39, 0.29) is 18.1 Å². The first-order chi connectivity index (χ1) is 13.3. The topological polar surface area (TPSA) is 29.5 Å². The van der Waals surface area contributed by atoms with Crippen molar-refractivity contribution < 1.29 is 9.53 Å². The maximum absolute atomic E-state index is 12.7. The van der Waals surface area contributed by atoms with Crippen LogP contribution in [0.1, 0.15) is 22.7 Å². The second-order valence-electron chi connectivity index (χ2n) is 6.92. The van der Waals surface area contributed by atoms with Crippen LogP contribution >= 0.6 is 0 Å². The van der Waals surface area contributed by atoms with E-state index in [1.165, 1.54) is 11.1 Å². The number of ether oxygens (including phenoxy) is 1. The van der Waals surface area contributed by atoms with Crippen LogP contribution in [0.2, 0.25) is 0 Å². The molecule has 1 fully saturated rings. The van der Waals surface area contributed by atoms with Gasteiger partial charge in [0.1, 0.15) is 12.6 Å². The molecule has 0 spiro atoms. The third-order valence-electron chi connectivity index (χ3n) is 5.12. The quantitative estimate of drug-likeness (QED) is 0.634. The Hall–Kier alpha value is -2.91. The average Bonchev–Trinajstić information content (AvgIpc) is 2.73. The molecule has 0 aliphatic carbocycles. The Morgan fingerprint density at radius 1 is 0.778 bits per heavy atom. The number of esters is 1. The third kappa shape index (κ3) is 4.09. The lowest BCUT2D eigenvalue weighted by Gasteiger charge is -2.41. The van der Waals surface area contributed by atoms with Crippen molar-refractivity contribution in [3.05, 3.63) is 108 Å². The monoisotopic (exact) mass is 357 g/mol. The van der Waals surface area contributed by atoms with Gasteiger partial charge in [0.15, 0.2) is 0 Å². The van der Waals surface area contributed by atoms with Gasteiger partial charge in [-0.05, 0) is 23.1 Å². The largest absolute Gasteiger partial charge is 0.462 e. The van der Waals surface area contributed by atoms with E-state index in [0.29, 0.717) is 19.6 Å². The molecule has 3 aromatic rings. The van der Waals surface area contributed by atoms with Crippen LogP contribution < -0.4 is 0 Å². The van der Waals surface area contributed by atoms with Gasteiger partial charge in [0, 0.05) is 6.54 Å². The number of morpholine rings is 1. The second kappa shape index (κ2) is 8.19. The standard InChI is InChI=1S/C24H23NO2/c26-24-22(16-19-10-4-1-5-11-19)25(17-20-12-6-2-7-13-20)23(18-27-24)21-14-8-3-9-15-21/h1-15,22-23H,16-18H2/t22-,23-/m0/s1. The Kier molecular flexibility index (Phi) is 5.31. The second-order valence-corrected chi connectivity index (χ2v) is 6.92. The Morgan fingerprint density at radius 3 is 1.96 bits per heavy atom. The highest BCUT2D eigenvalue weighted by molar-refractivity contribution is 5.77. The van der Waals surface area contributed by atoms with Crippen molar-refractivity contribution in [3.8, 4) is 0 Å². The number of carbonyl (C=O) groups excluding carboxylic acids is 1. The van der Waals surface area contributed by atoms with Gasteiger partial charge in [-0.3, -0.25) is 9.69 Å². The van der Waals surface area contributed by atoms with E-state index in [0.717, 1.165) is 5.56 Å². The molecule has 2 atom stereocenters. The van der Waals surface area contributed by atoms with E-state index in [9.17, 15) is 4.79 Å². The van der Waals surface area contributed by atoms with E-state index < -0.39 is 0 Å². The fourth-order valence-corrected chi connectivity index (χ4v) is 3.72. The molecule has 1 aliphatic heterocycles. The van der Waals surface area contributed by atoms with Crippen molar-refractivity contribution in [2.24, 2.45) is 0 Å². The number of nitrogens with zero attached hydrogens (tertiary/aromatic N) is 1. The smallest absolute Gasteiger partial charge is 0.323 e. The fourth-order valence-electron chi connectivity index (χ4n) is 3.72. The molecular formula is C24H23NO2. The molecule has 0 saturated carbocycles. The molecule has 0 radical (unpaired) electrons. The summed E-state index contributed by atoms with van der Waals surface area (Å²) < 4.78 is 5.62. The van der Waals surface area contributed by atoms with Crippen molar-refractivity contribution in [3.63, 3.8) is 0 Å². The van der Waals surface area contributed by atoms with Crippen molar-refractivity contribution in [2.45, 2.75) is 25.0 Å². The van der Waals surface area contributed by atoms with E-state index in [1.54, 1.807) is 0 Å². The first-order valence-corrected chi connectivity index (χ1v) is 9.36.